The van der Waals surface area contributed by atoms with Crippen molar-refractivity contribution in [2.75, 3.05) is 28.4 Å². The van der Waals surface area contributed by atoms with Gasteiger partial charge in [-0.05, 0) is 36.1 Å². The number of allylic oxidation sites excluding steroid dienone is 3. The molecule has 29 heavy (non-hydrogen) atoms. The number of rotatable bonds is 5. The third kappa shape index (κ3) is 2.79. The summed E-state index contributed by atoms with van der Waals surface area (Å²) in [6.45, 7) is 1.51. The summed E-state index contributed by atoms with van der Waals surface area (Å²) in [4.78, 5) is 24.6. The van der Waals surface area contributed by atoms with Crippen LogP contribution in [0.3, 0.4) is 0 Å². The fourth-order valence-electron chi connectivity index (χ4n) is 4.96. The molecule has 1 aromatic carbocycles. The van der Waals surface area contributed by atoms with Crippen LogP contribution in [0.1, 0.15) is 24.5 Å². The highest BCUT2D eigenvalue weighted by Gasteiger charge is 2.52. The van der Waals surface area contributed by atoms with Crippen molar-refractivity contribution in [1.82, 2.24) is 5.32 Å². The first kappa shape index (κ1) is 19.4. The Morgan fingerprint density at radius 1 is 1.03 bits per heavy atom. The Hall–Kier alpha value is -2.96. The van der Waals surface area contributed by atoms with Crippen LogP contribution < -0.4 is 19.5 Å². The highest BCUT2D eigenvalue weighted by Crippen LogP contribution is 2.59. The van der Waals surface area contributed by atoms with Crippen molar-refractivity contribution in [3.8, 4) is 17.2 Å². The number of nitrogens with one attached hydrogen (secondary N) is 1. The first-order valence-corrected chi connectivity index (χ1v) is 9.57. The summed E-state index contributed by atoms with van der Waals surface area (Å²) in [5.74, 6) is 1.67. The van der Waals surface area contributed by atoms with Crippen molar-refractivity contribution in [2.24, 2.45) is 11.8 Å². The molecule has 0 radical (unpaired) electrons. The minimum atomic E-state index is -0.236. The highest BCUT2D eigenvalue weighted by molar-refractivity contribution is 6.08. The topological polar surface area (TPSA) is 83.1 Å². The number of hydrogen-bond acceptors (Lipinski definition) is 6. The van der Waals surface area contributed by atoms with Crippen molar-refractivity contribution in [2.45, 2.75) is 25.8 Å². The number of Topliss-reactive ketones (excluding diaryl/α,β-unsaturated/α-hetero) is 1. The Bertz CT molecular complexity index is 961. The zero-order chi connectivity index (χ0) is 20.9. The molecule has 3 aliphatic carbocycles. The number of ether oxygens (including phenoxy) is 4. The molecule has 0 aliphatic heterocycles. The van der Waals surface area contributed by atoms with Crippen LogP contribution in [0.5, 0.6) is 17.2 Å². The Morgan fingerprint density at radius 2 is 1.76 bits per heavy atom. The van der Waals surface area contributed by atoms with E-state index in [4.69, 9.17) is 18.9 Å². The van der Waals surface area contributed by atoms with E-state index < -0.39 is 0 Å². The average Bonchev–Trinajstić information content (AvgIpc) is 2.89. The van der Waals surface area contributed by atoms with Gasteiger partial charge in [0.2, 0.25) is 17.4 Å². The maximum Gasteiger partial charge on any atom is 0.217 e. The first-order chi connectivity index (χ1) is 13.9. The van der Waals surface area contributed by atoms with Gasteiger partial charge in [0, 0.05) is 24.4 Å². The lowest BCUT2D eigenvalue weighted by molar-refractivity contribution is -0.120. The third-order valence-electron chi connectivity index (χ3n) is 6.01. The Balaban J connectivity index is 1.94. The van der Waals surface area contributed by atoms with Crippen molar-refractivity contribution in [3.63, 3.8) is 0 Å². The molecule has 7 heteroatoms. The molecule has 0 fully saturated rings. The van der Waals surface area contributed by atoms with Crippen molar-refractivity contribution in [3.05, 3.63) is 34.6 Å². The van der Waals surface area contributed by atoms with Gasteiger partial charge in [-0.15, -0.1) is 0 Å². The molecule has 154 valence electrons. The summed E-state index contributed by atoms with van der Waals surface area (Å²) in [5.41, 5.74) is 4.02. The summed E-state index contributed by atoms with van der Waals surface area (Å²) in [6, 6.07) is 1.81. The van der Waals surface area contributed by atoms with E-state index in [2.05, 4.69) is 5.32 Å². The van der Waals surface area contributed by atoms with Crippen LogP contribution in [-0.4, -0.2) is 46.2 Å². The molecule has 0 saturated carbocycles. The minimum absolute atomic E-state index is 0.000665. The molecule has 3 atom stereocenters. The third-order valence-corrected chi connectivity index (χ3v) is 6.01. The molecule has 1 amide bonds. The van der Waals surface area contributed by atoms with Gasteiger partial charge in [-0.3, -0.25) is 9.59 Å². The molecule has 0 unspecified atom stereocenters. The molecule has 3 aliphatic rings. The number of carbonyl (C=O) groups excluding carboxylic acids is 2. The van der Waals surface area contributed by atoms with E-state index in [0.717, 1.165) is 22.3 Å². The van der Waals surface area contributed by atoms with Crippen LogP contribution in [0.4, 0.5) is 0 Å². The summed E-state index contributed by atoms with van der Waals surface area (Å²) in [7, 11) is 6.27. The number of fused-ring (bicyclic) bond motifs is 5. The summed E-state index contributed by atoms with van der Waals surface area (Å²) >= 11 is 0. The zero-order valence-corrected chi connectivity index (χ0v) is 17.3. The Kier molecular flexibility index (Phi) is 4.76. The quantitative estimate of drug-likeness (QED) is 0.818. The van der Waals surface area contributed by atoms with Crippen LogP contribution in [0.15, 0.2) is 23.5 Å². The summed E-state index contributed by atoms with van der Waals surface area (Å²) in [5, 5.41) is 3.03. The molecule has 1 aromatic rings. The van der Waals surface area contributed by atoms with Gasteiger partial charge < -0.3 is 24.3 Å². The van der Waals surface area contributed by atoms with Gasteiger partial charge in [0.1, 0.15) is 0 Å². The highest BCUT2D eigenvalue weighted by atomic mass is 16.5. The van der Waals surface area contributed by atoms with Crippen LogP contribution >= 0.6 is 0 Å². The Morgan fingerprint density at radius 3 is 2.34 bits per heavy atom. The first-order valence-electron chi connectivity index (χ1n) is 9.57. The smallest absolute Gasteiger partial charge is 0.217 e. The molecule has 0 spiro atoms. The second-order valence-corrected chi connectivity index (χ2v) is 7.53. The maximum atomic E-state index is 12.8. The summed E-state index contributed by atoms with van der Waals surface area (Å²) < 4.78 is 22.2. The predicted molar refractivity (Wildman–Crippen MR) is 106 cm³/mol. The van der Waals surface area contributed by atoms with Crippen LogP contribution in [0, 0.1) is 11.8 Å². The molecule has 0 bridgehead atoms. The number of ketones is 1. The van der Waals surface area contributed by atoms with Crippen LogP contribution in [0.2, 0.25) is 0 Å². The maximum absolute atomic E-state index is 12.8. The van der Waals surface area contributed by atoms with Crippen molar-refractivity contribution >= 4 is 17.3 Å². The van der Waals surface area contributed by atoms with E-state index in [1.165, 1.54) is 14.0 Å². The average molecular weight is 399 g/mol. The standard InChI is InChI=1S/C22H25NO6/c1-10(24)23-12-6-11-7-16(27-3)21(28-4)22(29-5)17(11)18-13(8-12)19-14(18)9-15(26-2)20(19)25/h7,9,12,14,19H,6,8H2,1-5H3,(H,23,24)/t12-,14+,19-/m0/s1. The molecular formula is C22H25NO6. The number of carbonyl (C=O) groups is 2. The second kappa shape index (κ2) is 7.13. The van der Waals surface area contributed by atoms with E-state index in [9.17, 15) is 9.59 Å². The lowest BCUT2D eigenvalue weighted by atomic mass is 9.65. The van der Waals surface area contributed by atoms with E-state index in [-0.39, 0.29) is 29.6 Å². The number of methoxy groups -OCH3 is 4. The molecule has 1 N–H and O–H groups in total. The largest absolute Gasteiger partial charge is 0.493 e. The van der Waals surface area contributed by atoms with E-state index in [0.29, 0.717) is 35.8 Å². The number of benzene rings is 1. The lowest BCUT2D eigenvalue weighted by Crippen LogP contribution is -2.38. The molecule has 0 heterocycles. The Labute approximate surface area is 169 Å². The molecule has 7 nitrogen and oxygen atoms in total. The fourth-order valence-corrected chi connectivity index (χ4v) is 4.96. The normalized spacial score (nSPS) is 24.4. The lowest BCUT2D eigenvalue weighted by Gasteiger charge is -2.37. The van der Waals surface area contributed by atoms with Gasteiger partial charge in [-0.2, -0.15) is 0 Å². The SMILES string of the molecule is COC1=C[C@@H]2C3=C(C[C@@H](NC(C)=O)Cc4cc(OC)c(OC)c(OC)c43)[C@@H]2C1=O. The van der Waals surface area contributed by atoms with E-state index in [1.54, 1.807) is 21.3 Å². The number of amides is 1. The summed E-state index contributed by atoms with van der Waals surface area (Å²) in [6.07, 6.45) is 3.10. The van der Waals surface area contributed by atoms with Gasteiger partial charge in [0.15, 0.2) is 17.3 Å². The second-order valence-electron chi connectivity index (χ2n) is 7.53. The van der Waals surface area contributed by atoms with Crippen molar-refractivity contribution in [1.29, 1.82) is 0 Å². The fraction of sp³-hybridized carbons (Fsp3) is 0.455. The van der Waals surface area contributed by atoms with Crippen molar-refractivity contribution < 1.29 is 28.5 Å². The molecule has 4 rings (SSSR count). The number of hydrogen-bond donors (Lipinski definition) is 1. The van der Waals surface area contributed by atoms with E-state index in [1.807, 2.05) is 12.1 Å². The van der Waals surface area contributed by atoms with Gasteiger partial charge in [0.25, 0.3) is 0 Å². The van der Waals surface area contributed by atoms with E-state index >= 15 is 0 Å². The molecule has 0 saturated heterocycles. The van der Waals surface area contributed by atoms with Gasteiger partial charge in [0.05, 0.1) is 34.4 Å². The van der Waals surface area contributed by atoms with Gasteiger partial charge in [-0.25, -0.2) is 0 Å². The molecule has 0 aromatic heterocycles. The molecular weight excluding hydrogens is 374 g/mol. The monoisotopic (exact) mass is 399 g/mol. The minimum Gasteiger partial charge on any atom is -0.493 e. The van der Waals surface area contributed by atoms with Crippen LogP contribution in [-0.2, 0) is 20.7 Å². The van der Waals surface area contributed by atoms with Gasteiger partial charge >= 0.3 is 0 Å². The van der Waals surface area contributed by atoms with Gasteiger partial charge in [-0.1, -0.05) is 5.57 Å². The predicted octanol–water partition coefficient (Wildman–Crippen LogP) is 2.28. The zero-order valence-electron chi connectivity index (χ0n) is 17.3. The van der Waals surface area contributed by atoms with Crippen LogP contribution in [0.25, 0.3) is 5.57 Å².